The average molecular weight is 274 g/mol. The summed E-state index contributed by atoms with van der Waals surface area (Å²) in [5.41, 5.74) is 9.89. The number of aromatic nitrogens is 1. The van der Waals surface area contributed by atoms with Gasteiger partial charge in [0.05, 0.1) is 11.2 Å². The summed E-state index contributed by atoms with van der Waals surface area (Å²) in [6.07, 6.45) is 14.3. The molecule has 1 heterocycles. The summed E-state index contributed by atoms with van der Waals surface area (Å²) in [6, 6.07) is 12.3. The maximum Gasteiger partial charge on any atom is 0.0709 e. The van der Waals surface area contributed by atoms with Crippen molar-refractivity contribution in [1.29, 1.82) is 0 Å². The van der Waals surface area contributed by atoms with Gasteiger partial charge in [-0.1, -0.05) is 42.5 Å². The Morgan fingerprint density at radius 1 is 1.00 bits per heavy atom. The summed E-state index contributed by atoms with van der Waals surface area (Å²) >= 11 is 0. The fourth-order valence-electron chi connectivity index (χ4n) is 2.32. The number of allylic oxidation sites excluding steroid dienone is 6. The molecule has 1 aliphatic rings. The van der Waals surface area contributed by atoms with Crippen molar-refractivity contribution < 1.29 is 0 Å². The van der Waals surface area contributed by atoms with Crippen LogP contribution < -0.4 is 5.73 Å². The Hall–Kier alpha value is -2.61. The molecule has 0 unspecified atom stereocenters. The predicted molar refractivity (Wildman–Crippen MR) is 89.5 cm³/mol. The first kappa shape index (κ1) is 13.4. The molecule has 1 aromatic heterocycles. The molecule has 0 spiro atoms. The van der Waals surface area contributed by atoms with Gasteiger partial charge in [0.25, 0.3) is 0 Å². The first-order chi connectivity index (χ1) is 10.3. The fraction of sp³-hybridized carbons (Fsp3) is 0.105. The van der Waals surface area contributed by atoms with Gasteiger partial charge in [-0.3, -0.25) is 0 Å². The highest BCUT2D eigenvalue weighted by atomic mass is 14.7. The fourth-order valence-corrected chi connectivity index (χ4v) is 2.32. The third-order valence-electron chi connectivity index (χ3n) is 3.49. The van der Waals surface area contributed by atoms with Crippen molar-refractivity contribution in [2.75, 3.05) is 0 Å². The molecular formula is C19H18N2. The average Bonchev–Trinajstić information content (AvgIpc) is 2.50. The van der Waals surface area contributed by atoms with Crippen molar-refractivity contribution in [3.05, 3.63) is 83.7 Å². The van der Waals surface area contributed by atoms with E-state index in [4.69, 9.17) is 5.73 Å². The van der Waals surface area contributed by atoms with Crippen LogP contribution in [0.4, 0.5) is 0 Å². The van der Waals surface area contributed by atoms with Crippen LogP contribution in [0, 0.1) is 0 Å². The van der Waals surface area contributed by atoms with Gasteiger partial charge in [0.15, 0.2) is 0 Å². The van der Waals surface area contributed by atoms with E-state index < -0.39 is 0 Å². The second kappa shape index (κ2) is 6.23. The Bertz CT molecular complexity index is 764. The van der Waals surface area contributed by atoms with E-state index in [-0.39, 0.29) is 0 Å². The minimum atomic E-state index is 0.796. The zero-order valence-electron chi connectivity index (χ0n) is 11.9. The van der Waals surface area contributed by atoms with Gasteiger partial charge in [-0.2, -0.15) is 0 Å². The molecule has 0 atom stereocenters. The highest BCUT2D eigenvalue weighted by Gasteiger charge is 1.97. The first-order valence-corrected chi connectivity index (χ1v) is 7.18. The van der Waals surface area contributed by atoms with Crippen molar-refractivity contribution in [2.24, 2.45) is 5.73 Å². The van der Waals surface area contributed by atoms with E-state index in [9.17, 15) is 0 Å². The molecule has 1 aromatic carbocycles. The van der Waals surface area contributed by atoms with E-state index in [0.717, 1.165) is 29.7 Å². The minimum absolute atomic E-state index is 0.796. The van der Waals surface area contributed by atoms with Crippen molar-refractivity contribution in [3.8, 4) is 0 Å². The van der Waals surface area contributed by atoms with Gasteiger partial charge < -0.3 is 5.73 Å². The smallest absolute Gasteiger partial charge is 0.0709 e. The van der Waals surface area contributed by atoms with Gasteiger partial charge in [-0.15, -0.1) is 0 Å². The zero-order valence-corrected chi connectivity index (χ0v) is 11.9. The molecule has 2 heteroatoms. The largest absolute Gasteiger partial charge is 0.399 e. The molecule has 1 aliphatic carbocycles. The lowest BCUT2D eigenvalue weighted by Crippen LogP contribution is -1.93. The lowest BCUT2D eigenvalue weighted by molar-refractivity contribution is 1.00. The predicted octanol–water partition coefficient (Wildman–Crippen LogP) is 4.37. The molecule has 0 bridgehead atoms. The van der Waals surface area contributed by atoms with Gasteiger partial charge in [0.1, 0.15) is 0 Å². The first-order valence-electron chi connectivity index (χ1n) is 7.18. The van der Waals surface area contributed by atoms with Crippen molar-refractivity contribution >= 4 is 17.0 Å². The van der Waals surface area contributed by atoms with Crippen LogP contribution in [0.1, 0.15) is 18.5 Å². The zero-order chi connectivity index (χ0) is 14.5. The van der Waals surface area contributed by atoms with E-state index in [1.54, 1.807) is 0 Å². The van der Waals surface area contributed by atoms with Crippen LogP contribution in [0.3, 0.4) is 0 Å². The summed E-state index contributed by atoms with van der Waals surface area (Å²) < 4.78 is 0. The van der Waals surface area contributed by atoms with Crippen LogP contribution in [-0.2, 0) is 0 Å². The molecule has 2 aromatic rings. The van der Waals surface area contributed by atoms with Crippen LogP contribution in [-0.4, -0.2) is 4.98 Å². The van der Waals surface area contributed by atoms with Crippen molar-refractivity contribution in [2.45, 2.75) is 12.8 Å². The number of fused-ring (bicyclic) bond motifs is 1. The maximum atomic E-state index is 5.83. The van der Waals surface area contributed by atoms with Crippen molar-refractivity contribution in [3.63, 3.8) is 0 Å². The number of hydrogen-bond acceptors (Lipinski definition) is 2. The topological polar surface area (TPSA) is 38.9 Å². The van der Waals surface area contributed by atoms with Crippen LogP contribution in [0.2, 0.25) is 0 Å². The van der Waals surface area contributed by atoms with Gasteiger partial charge in [-0.05, 0) is 48.8 Å². The molecule has 2 nitrogen and oxygen atoms in total. The normalized spacial score (nSPS) is 22.1. The molecule has 0 fully saturated rings. The van der Waals surface area contributed by atoms with Gasteiger partial charge >= 0.3 is 0 Å². The van der Waals surface area contributed by atoms with E-state index in [2.05, 4.69) is 41.4 Å². The molecule has 0 saturated heterocycles. The second-order valence-corrected chi connectivity index (χ2v) is 5.11. The summed E-state index contributed by atoms with van der Waals surface area (Å²) in [4.78, 5) is 4.65. The molecule has 0 aliphatic heterocycles. The van der Waals surface area contributed by atoms with Crippen molar-refractivity contribution in [1.82, 2.24) is 4.98 Å². The molecular weight excluding hydrogens is 256 g/mol. The quantitative estimate of drug-likeness (QED) is 0.883. The molecule has 21 heavy (non-hydrogen) atoms. The van der Waals surface area contributed by atoms with Crippen LogP contribution >= 0.6 is 0 Å². The number of benzene rings is 1. The van der Waals surface area contributed by atoms with Crippen LogP contribution in [0.25, 0.3) is 17.0 Å². The van der Waals surface area contributed by atoms with Crippen LogP contribution in [0.5, 0.6) is 0 Å². The lowest BCUT2D eigenvalue weighted by Gasteiger charge is -2.03. The second-order valence-electron chi connectivity index (χ2n) is 5.11. The number of nitrogens with zero attached hydrogens (tertiary/aromatic N) is 1. The monoisotopic (exact) mass is 274 g/mol. The summed E-state index contributed by atoms with van der Waals surface area (Å²) in [5.74, 6) is 0. The maximum absolute atomic E-state index is 5.83. The van der Waals surface area contributed by atoms with E-state index in [1.165, 1.54) is 11.0 Å². The Labute approximate surface area is 125 Å². The third-order valence-corrected chi connectivity index (χ3v) is 3.49. The summed E-state index contributed by atoms with van der Waals surface area (Å²) in [7, 11) is 0. The SMILES string of the molecule is NC1=C/C=C(/C=C/c2ccc3ccccc3n2)CC/C=C\1. The number of para-hydroxylation sites is 1. The van der Waals surface area contributed by atoms with Gasteiger partial charge in [0.2, 0.25) is 0 Å². The number of pyridine rings is 1. The summed E-state index contributed by atoms with van der Waals surface area (Å²) in [6.45, 7) is 0. The Morgan fingerprint density at radius 3 is 2.86 bits per heavy atom. The molecule has 0 saturated carbocycles. The minimum Gasteiger partial charge on any atom is -0.399 e. The summed E-state index contributed by atoms with van der Waals surface area (Å²) in [5, 5.41) is 1.17. The lowest BCUT2D eigenvalue weighted by atomic mass is 10.1. The van der Waals surface area contributed by atoms with Gasteiger partial charge in [-0.25, -0.2) is 4.98 Å². The molecule has 104 valence electrons. The Morgan fingerprint density at radius 2 is 1.90 bits per heavy atom. The van der Waals surface area contributed by atoms with E-state index in [1.807, 2.05) is 36.4 Å². The van der Waals surface area contributed by atoms with E-state index >= 15 is 0 Å². The molecule has 0 amide bonds. The van der Waals surface area contributed by atoms with E-state index in [0.29, 0.717) is 0 Å². The molecule has 3 rings (SSSR count). The third kappa shape index (κ3) is 3.48. The van der Waals surface area contributed by atoms with Crippen LogP contribution in [0.15, 0.2) is 78.0 Å². The van der Waals surface area contributed by atoms with Gasteiger partial charge in [0, 0.05) is 11.1 Å². The molecule has 0 radical (unpaired) electrons. The standard InChI is InChI=1S/C19H18N2/c20-17-7-3-1-5-15(9-12-17)10-13-18-14-11-16-6-2-4-8-19(16)21-18/h2-4,6-14H,1,5,20H2/b7-3-,13-10+,15-9+,17-12+. The highest BCUT2D eigenvalue weighted by molar-refractivity contribution is 5.79. The highest BCUT2D eigenvalue weighted by Crippen LogP contribution is 2.16. The molecule has 2 N–H and O–H groups in total. The number of nitrogens with two attached hydrogens (primary N) is 1. The number of rotatable bonds is 2. The Balaban J connectivity index is 1.84. The Kier molecular flexibility index (Phi) is 3.97. The number of hydrogen-bond donors (Lipinski definition) is 1.